The number of carbonyl (C=O) groups is 1. The van der Waals surface area contributed by atoms with E-state index in [-0.39, 0.29) is 18.6 Å². The van der Waals surface area contributed by atoms with Crippen molar-refractivity contribution in [3.8, 4) is 0 Å². The van der Waals surface area contributed by atoms with E-state index in [0.717, 1.165) is 19.6 Å². The van der Waals surface area contributed by atoms with Gasteiger partial charge in [0.1, 0.15) is 0 Å². The molecule has 1 unspecified atom stereocenters. The van der Waals surface area contributed by atoms with E-state index in [1.807, 2.05) is 23.6 Å². The van der Waals surface area contributed by atoms with E-state index in [9.17, 15) is 4.79 Å². The molecule has 16 heavy (non-hydrogen) atoms. The first kappa shape index (κ1) is 13.4. The van der Waals surface area contributed by atoms with Crippen LogP contribution in [0.15, 0.2) is 0 Å². The zero-order chi connectivity index (χ0) is 12.0. The molecule has 1 aliphatic rings. The largest absolute Gasteiger partial charge is 0.394 e. The van der Waals surface area contributed by atoms with Crippen molar-refractivity contribution in [3.63, 3.8) is 0 Å². The highest BCUT2D eigenvalue weighted by Gasteiger charge is 2.22. The molecule has 1 atom stereocenters. The van der Waals surface area contributed by atoms with Crippen molar-refractivity contribution in [3.05, 3.63) is 0 Å². The molecule has 1 fully saturated rings. The van der Waals surface area contributed by atoms with E-state index in [0.29, 0.717) is 19.7 Å². The average Bonchev–Trinajstić information content (AvgIpc) is 2.31. The van der Waals surface area contributed by atoms with E-state index in [1.165, 1.54) is 0 Å². The Morgan fingerprint density at radius 3 is 2.75 bits per heavy atom. The number of likely N-dealkylation sites (N-methyl/N-ethyl adjacent to an activating group) is 1. The van der Waals surface area contributed by atoms with Gasteiger partial charge in [-0.05, 0) is 13.8 Å². The molecule has 0 radical (unpaired) electrons. The number of aliphatic hydroxyl groups excluding tert-OH is 1. The summed E-state index contributed by atoms with van der Waals surface area (Å²) < 4.78 is 5.34. The number of morpholine rings is 1. The van der Waals surface area contributed by atoms with Gasteiger partial charge >= 0.3 is 0 Å². The van der Waals surface area contributed by atoms with Crippen molar-refractivity contribution in [2.24, 2.45) is 0 Å². The molecular weight excluding hydrogens is 208 g/mol. The third-order valence-corrected chi connectivity index (χ3v) is 2.90. The zero-order valence-electron chi connectivity index (χ0n) is 10.2. The standard InChI is InChI=1S/C11H22N2O3/c1-3-13(4-2)11(15)8-12-5-6-16-10(7-12)9-14/h10,14H,3-9H2,1-2H3. The Morgan fingerprint density at radius 1 is 1.50 bits per heavy atom. The number of hydrogen-bond donors (Lipinski definition) is 1. The van der Waals surface area contributed by atoms with Gasteiger partial charge in [-0.25, -0.2) is 0 Å². The van der Waals surface area contributed by atoms with Crippen molar-refractivity contribution in [2.75, 3.05) is 45.9 Å². The fourth-order valence-electron chi connectivity index (χ4n) is 1.90. The molecule has 0 aromatic carbocycles. The number of rotatable bonds is 5. The third-order valence-electron chi connectivity index (χ3n) is 2.90. The number of amides is 1. The fraction of sp³-hybridized carbons (Fsp3) is 0.909. The topological polar surface area (TPSA) is 53.0 Å². The Hall–Kier alpha value is -0.650. The highest BCUT2D eigenvalue weighted by molar-refractivity contribution is 5.78. The summed E-state index contributed by atoms with van der Waals surface area (Å²) in [5.41, 5.74) is 0. The Morgan fingerprint density at radius 2 is 2.19 bits per heavy atom. The molecule has 5 nitrogen and oxygen atoms in total. The molecule has 1 amide bonds. The van der Waals surface area contributed by atoms with Crippen LogP contribution in [0.3, 0.4) is 0 Å². The van der Waals surface area contributed by atoms with E-state index >= 15 is 0 Å². The van der Waals surface area contributed by atoms with Crippen molar-refractivity contribution in [1.82, 2.24) is 9.80 Å². The molecule has 1 rings (SSSR count). The molecule has 0 aromatic heterocycles. The van der Waals surface area contributed by atoms with E-state index in [2.05, 4.69) is 0 Å². The van der Waals surface area contributed by atoms with Crippen LogP contribution in [0.5, 0.6) is 0 Å². The molecule has 1 saturated heterocycles. The Bertz CT molecular complexity index is 219. The Labute approximate surface area is 97.0 Å². The zero-order valence-corrected chi connectivity index (χ0v) is 10.2. The molecule has 1 aliphatic heterocycles. The second-order valence-electron chi connectivity index (χ2n) is 3.98. The minimum atomic E-state index is -0.141. The SMILES string of the molecule is CCN(CC)C(=O)CN1CCOC(CO)C1. The molecule has 5 heteroatoms. The summed E-state index contributed by atoms with van der Waals surface area (Å²) >= 11 is 0. The predicted octanol–water partition coefficient (Wildman–Crippen LogP) is -0.452. The van der Waals surface area contributed by atoms with Gasteiger partial charge in [-0.2, -0.15) is 0 Å². The van der Waals surface area contributed by atoms with Crippen LogP contribution >= 0.6 is 0 Å². The van der Waals surface area contributed by atoms with Crippen LogP contribution in [0.4, 0.5) is 0 Å². The van der Waals surface area contributed by atoms with Gasteiger partial charge in [-0.1, -0.05) is 0 Å². The Balaban J connectivity index is 2.38. The maximum absolute atomic E-state index is 11.8. The van der Waals surface area contributed by atoms with E-state index in [1.54, 1.807) is 0 Å². The van der Waals surface area contributed by atoms with Crippen LogP contribution in [0.2, 0.25) is 0 Å². The summed E-state index contributed by atoms with van der Waals surface area (Å²) in [5.74, 6) is 0.156. The van der Waals surface area contributed by atoms with Crippen molar-refractivity contribution < 1.29 is 14.6 Å². The minimum absolute atomic E-state index is 0.0238. The van der Waals surface area contributed by atoms with Gasteiger partial charge in [0.25, 0.3) is 0 Å². The van der Waals surface area contributed by atoms with Crippen LogP contribution in [0.1, 0.15) is 13.8 Å². The van der Waals surface area contributed by atoms with Crippen LogP contribution in [-0.4, -0.2) is 72.9 Å². The number of carbonyl (C=O) groups excluding carboxylic acids is 1. The van der Waals surface area contributed by atoms with E-state index in [4.69, 9.17) is 9.84 Å². The number of ether oxygens (including phenoxy) is 1. The van der Waals surface area contributed by atoms with Crippen LogP contribution in [0.25, 0.3) is 0 Å². The number of aliphatic hydroxyl groups is 1. The van der Waals surface area contributed by atoms with Crippen LogP contribution in [-0.2, 0) is 9.53 Å². The summed E-state index contributed by atoms with van der Waals surface area (Å²) in [6.45, 7) is 7.93. The molecule has 1 heterocycles. The maximum Gasteiger partial charge on any atom is 0.236 e. The van der Waals surface area contributed by atoms with Gasteiger partial charge in [0, 0.05) is 26.2 Å². The highest BCUT2D eigenvalue weighted by Crippen LogP contribution is 2.05. The van der Waals surface area contributed by atoms with Crippen molar-refractivity contribution in [2.45, 2.75) is 20.0 Å². The lowest BCUT2D eigenvalue weighted by atomic mass is 10.3. The minimum Gasteiger partial charge on any atom is -0.394 e. The summed E-state index contributed by atoms with van der Waals surface area (Å²) in [6.07, 6.45) is -0.141. The van der Waals surface area contributed by atoms with Crippen molar-refractivity contribution in [1.29, 1.82) is 0 Å². The lowest BCUT2D eigenvalue weighted by Gasteiger charge is -2.32. The van der Waals surface area contributed by atoms with Gasteiger partial charge in [-0.3, -0.25) is 9.69 Å². The Kier molecular flexibility index (Phi) is 5.73. The molecular formula is C11H22N2O3. The molecule has 0 bridgehead atoms. The summed E-state index contributed by atoms with van der Waals surface area (Å²) in [6, 6.07) is 0. The van der Waals surface area contributed by atoms with E-state index < -0.39 is 0 Å². The van der Waals surface area contributed by atoms with Crippen LogP contribution < -0.4 is 0 Å². The predicted molar refractivity (Wildman–Crippen MR) is 61.2 cm³/mol. The summed E-state index contributed by atoms with van der Waals surface area (Å²) in [4.78, 5) is 15.7. The van der Waals surface area contributed by atoms with Gasteiger partial charge in [0.2, 0.25) is 5.91 Å². The van der Waals surface area contributed by atoms with Crippen molar-refractivity contribution >= 4 is 5.91 Å². The molecule has 1 N–H and O–H groups in total. The van der Waals surface area contributed by atoms with Gasteiger partial charge in [-0.15, -0.1) is 0 Å². The third kappa shape index (κ3) is 3.73. The lowest BCUT2D eigenvalue weighted by Crippen LogP contribution is -2.48. The normalized spacial score (nSPS) is 22.1. The summed E-state index contributed by atoms with van der Waals surface area (Å²) in [5, 5.41) is 9.00. The molecule has 94 valence electrons. The number of nitrogens with zero attached hydrogens (tertiary/aromatic N) is 2. The smallest absolute Gasteiger partial charge is 0.236 e. The lowest BCUT2D eigenvalue weighted by molar-refractivity contribution is -0.134. The van der Waals surface area contributed by atoms with Crippen LogP contribution in [0, 0.1) is 0 Å². The molecule has 0 spiro atoms. The monoisotopic (exact) mass is 230 g/mol. The van der Waals surface area contributed by atoms with Gasteiger partial charge in [0.15, 0.2) is 0 Å². The number of hydrogen-bond acceptors (Lipinski definition) is 4. The molecule has 0 saturated carbocycles. The molecule has 0 aliphatic carbocycles. The first-order valence-electron chi connectivity index (χ1n) is 5.93. The van der Waals surface area contributed by atoms with Gasteiger partial charge in [0.05, 0.1) is 25.9 Å². The second-order valence-corrected chi connectivity index (χ2v) is 3.98. The molecule has 0 aromatic rings. The first-order valence-corrected chi connectivity index (χ1v) is 5.93. The fourth-order valence-corrected chi connectivity index (χ4v) is 1.90. The highest BCUT2D eigenvalue weighted by atomic mass is 16.5. The average molecular weight is 230 g/mol. The van der Waals surface area contributed by atoms with Gasteiger partial charge < -0.3 is 14.7 Å². The first-order chi connectivity index (χ1) is 7.71. The quantitative estimate of drug-likeness (QED) is 0.695. The summed E-state index contributed by atoms with van der Waals surface area (Å²) in [7, 11) is 0. The maximum atomic E-state index is 11.8. The second kappa shape index (κ2) is 6.83.